The zero-order chi connectivity index (χ0) is 16.4. The molecule has 1 aliphatic carbocycles. The molecule has 5 nitrogen and oxygen atoms in total. The van der Waals surface area contributed by atoms with Crippen molar-refractivity contribution in [3.63, 3.8) is 0 Å². The van der Waals surface area contributed by atoms with Gasteiger partial charge in [0.15, 0.2) is 5.13 Å². The number of nitrogens with zero attached hydrogens (tertiary/aromatic N) is 4. The average molecular weight is 344 g/mol. The predicted molar refractivity (Wildman–Crippen MR) is 95.8 cm³/mol. The molecule has 0 atom stereocenters. The molecule has 0 unspecified atom stereocenters. The van der Waals surface area contributed by atoms with E-state index in [4.69, 9.17) is 0 Å². The molecule has 3 heterocycles. The summed E-state index contributed by atoms with van der Waals surface area (Å²) in [6.45, 7) is 3.66. The first-order chi connectivity index (χ1) is 11.8. The van der Waals surface area contributed by atoms with Crippen LogP contribution < -0.4 is 0 Å². The number of piperazine rings is 1. The number of rotatable bonds is 3. The van der Waals surface area contributed by atoms with Crippen molar-refractivity contribution in [2.45, 2.75) is 38.1 Å². The van der Waals surface area contributed by atoms with Gasteiger partial charge in [-0.25, -0.2) is 4.98 Å². The highest BCUT2D eigenvalue weighted by atomic mass is 32.1. The Kier molecular flexibility index (Phi) is 4.67. The highest BCUT2D eigenvalue weighted by molar-refractivity contribution is 7.12. The van der Waals surface area contributed by atoms with E-state index in [-0.39, 0.29) is 5.91 Å². The molecule has 0 spiro atoms. The van der Waals surface area contributed by atoms with E-state index < -0.39 is 0 Å². The highest BCUT2D eigenvalue weighted by Crippen LogP contribution is 2.24. The molecule has 1 amide bonds. The van der Waals surface area contributed by atoms with Crippen LogP contribution in [0.25, 0.3) is 5.13 Å². The molecular formula is C18H24N4OS. The van der Waals surface area contributed by atoms with Gasteiger partial charge < -0.3 is 9.47 Å². The van der Waals surface area contributed by atoms with Gasteiger partial charge in [0.25, 0.3) is 5.91 Å². The Hall–Kier alpha value is -1.66. The molecule has 6 heteroatoms. The Bertz CT molecular complexity index is 667. The number of aromatic nitrogens is 2. The SMILES string of the molecule is O=C(c1csc(-n2cccc2)n1)N1CCN(C2CCCCC2)CC1. The van der Waals surface area contributed by atoms with Crippen LogP contribution in [0.15, 0.2) is 29.9 Å². The molecule has 1 aliphatic heterocycles. The molecule has 24 heavy (non-hydrogen) atoms. The summed E-state index contributed by atoms with van der Waals surface area (Å²) >= 11 is 1.52. The minimum atomic E-state index is 0.0768. The second-order valence-electron chi connectivity index (χ2n) is 6.73. The van der Waals surface area contributed by atoms with Gasteiger partial charge in [-0.15, -0.1) is 11.3 Å². The minimum absolute atomic E-state index is 0.0768. The standard InChI is InChI=1S/C18H24N4OS/c23-17(16-14-24-18(19-16)22-8-4-5-9-22)21-12-10-20(11-13-21)15-6-2-1-3-7-15/h4-5,8-9,14-15H,1-3,6-7,10-13H2. The Balaban J connectivity index is 1.36. The second kappa shape index (κ2) is 7.07. The van der Waals surface area contributed by atoms with Crippen LogP contribution in [-0.4, -0.2) is 57.5 Å². The number of carbonyl (C=O) groups is 1. The summed E-state index contributed by atoms with van der Waals surface area (Å²) in [5.41, 5.74) is 0.579. The summed E-state index contributed by atoms with van der Waals surface area (Å²) in [6, 6.07) is 4.68. The summed E-state index contributed by atoms with van der Waals surface area (Å²) in [7, 11) is 0. The molecule has 0 radical (unpaired) electrons. The van der Waals surface area contributed by atoms with Crippen molar-refractivity contribution in [1.29, 1.82) is 0 Å². The summed E-state index contributed by atoms with van der Waals surface area (Å²) in [4.78, 5) is 21.8. The van der Waals surface area contributed by atoms with E-state index in [9.17, 15) is 4.79 Å². The molecule has 1 saturated carbocycles. The third-order valence-corrected chi connectivity index (χ3v) is 6.08. The fraction of sp³-hybridized carbons (Fsp3) is 0.556. The van der Waals surface area contributed by atoms with Gasteiger partial charge in [-0.3, -0.25) is 9.69 Å². The molecule has 0 N–H and O–H groups in total. The van der Waals surface area contributed by atoms with Crippen molar-refractivity contribution in [3.8, 4) is 5.13 Å². The topological polar surface area (TPSA) is 41.4 Å². The Morgan fingerprint density at radius 3 is 2.46 bits per heavy atom. The van der Waals surface area contributed by atoms with Crippen LogP contribution in [0.5, 0.6) is 0 Å². The van der Waals surface area contributed by atoms with Gasteiger partial charge in [0, 0.05) is 50.0 Å². The number of carbonyl (C=O) groups excluding carboxylic acids is 1. The number of thiazole rings is 1. The normalized spacial score (nSPS) is 20.4. The van der Waals surface area contributed by atoms with E-state index >= 15 is 0 Å². The first kappa shape index (κ1) is 15.8. The molecule has 2 aromatic heterocycles. The fourth-order valence-electron chi connectivity index (χ4n) is 3.84. The van der Waals surface area contributed by atoms with Crippen molar-refractivity contribution in [1.82, 2.24) is 19.4 Å². The van der Waals surface area contributed by atoms with Gasteiger partial charge in [-0.2, -0.15) is 0 Å². The molecule has 1 saturated heterocycles. The summed E-state index contributed by atoms with van der Waals surface area (Å²) in [5.74, 6) is 0.0768. The van der Waals surface area contributed by atoms with E-state index in [0.29, 0.717) is 5.69 Å². The monoisotopic (exact) mass is 344 g/mol. The van der Waals surface area contributed by atoms with Crippen LogP contribution in [-0.2, 0) is 0 Å². The van der Waals surface area contributed by atoms with E-state index in [0.717, 1.165) is 37.4 Å². The lowest BCUT2D eigenvalue weighted by Crippen LogP contribution is -2.52. The Morgan fingerprint density at radius 2 is 1.75 bits per heavy atom. The molecule has 2 aromatic rings. The van der Waals surface area contributed by atoms with Gasteiger partial charge in [-0.05, 0) is 25.0 Å². The highest BCUT2D eigenvalue weighted by Gasteiger charge is 2.28. The number of amides is 1. The van der Waals surface area contributed by atoms with Crippen molar-refractivity contribution in [2.75, 3.05) is 26.2 Å². The molecule has 2 fully saturated rings. The first-order valence-corrected chi connectivity index (χ1v) is 9.81. The van der Waals surface area contributed by atoms with Gasteiger partial charge in [0.2, 0.25) is 0 Å². The zero-order valence-electron chi connectivity index (χ0n) is 13.9. The lowest BCUT2D eigenvalue weighted by Gasteiger charge is -2.40. The van der Waals surface area contributed by atoms with Gasteiger partial charge in [0.1, 0.15) is 5.69 Å². The van der Waals surface area contributed by atoms with Gasteiger partial charge in [0.05, 0.1) is 0 Å². The maximum atomic E-state index is 12.7. The molecule has 128 valence electrons. The number of hydrogen-bond acceptors (Lipinski definition) is 4. The maximum Gasteiger partial charge on any atom is 0.273 e. The molecule has 2 aliphatic rings. The van der Waals surface area contributed by atoms with E-state index in [2.05, 4.69) is 9.88 Å². The fourth-order valence-corrected chi connectivity index (χ4v) is 4.61. The van der Waals surface area contributed by atoms with Crippen LogP contribution in [0, 0.1) is 0 Å². The van der Waals surface area contributed by atoms with Gasteiger partial charge >= 0.3 is 0 Å². The van der Waals surface area contributed by atoms with Crippen LogP contribution in [0.2, 0.25) is 0 Å². The quantitative estimate of drug-likeness (QED) is 0.859. The average Bonchev–Trinajstić information content (AvgIpc) is 3.33. The van der Waals surface area contributed by atoms with E-state index in [1.165, 1.54) is 43.4 Å². The minimum Gasteiger partial charge on any atom is -0.335 e. The smallest absolute Gasteiger partial charge is 0.273 e. The first-order valence-electron chi connectivity index (χ1n) is 8.93. The van der Waals surface area contributed by atoms with Crippen molar-refractivity contribution in [3.05, 3.63) is 35.6 Å². The molecule has 0 bridgehead atoms. The molecular weight excluding hydrogens is 320 g/mol. The van der Waals surface area contributed by atoms with Crippen molar-refractivity contribution in [2.24, 2.45) is 0 Å². The second-order valence-corrected chi connectivity index (χ2v) is 7.56. The summed E-state index contributed by atoms with van der Waals surface area (Å²) in [6.07, 6.45) is 10.7. The maximum absolute atomic E-state index is 12.7. The predicted octanol–water partition coefficient (Wildman–Crippen LogP) is 3.02. The summed E-state index contributed by atoms with van der Waals surface area (Å²) in [5, 5.41) is 2.73. The third kappa shape index (κ3) is 3.26. The van der Waals surface area contributed by atoms with Crippen molar-refractivity contribution >= 4 is 17.2 Å². The molecule has 4 rings (SSSR count). The third-order valence-electron chi connectivity index (χ3n) is 5.23. The summed E-state index contributed by atoms with van der Waals surface area (Å²) < 4.78 is 1.95. The lowest BCUT2D eigenvalue weighted by atomic mass is 9.94. The van der Waals surface area contributed by atoms with E-state index in [1.807, 2.05) is 39.4 Å². The van der Waals surface area contributed by atoms with Crippen LogP contribution in [0.3, 0.4) is 0 Å². The van der Waals surface area contributed by atoms with Gasteiger partial charge in [-0.1, -0.05) is 19.3 Å². The largest absolute Gasteiger partial charge is 0.335 e. The Morgan fingerprint density at radius 1 is 1.04 bits per heavy atom. The van der Waals surface area contributed by atoms with Crippen LogP contribution in [0.4, 0.5) is 0 Å². The van der Waals surface area contributed by atoms with E-state index in [1.54, 1.807) is 0 Å². The number of hydrogen-bond donors (Lipinski definition) is 0. The van der Waals surface area contributed by atoms with Crippen molar-refractivity contribution < 1.29 is 4.79 Å². The zero-order valence-corrected chi connectivity index (χ0v) is 14.7. The van der Waals surface area contributed by atoms with Crippen LogP contribution >= 0.6 is 11.3 Å². The van der Waals surface area contributed by atoms with Crippen LogP contribution in [0.1, 0.15) is 42.6 Å². The Labute approximate surface area is 146 Å². The lowest BCUT2D eigenvalue weighted by molar-refractivity contribution is 0.0519. The molecule has 0 aromatic carbocycles.